The lowest BCUT2D eigenvalue weighted by molar-refractivity contribution is -0.133. The van der Waals surface area contributed by atoms with Gasteiger partial charge in [-0.1, -0.05) is 12.8 Å². The van der Waals surface area contributed by atoms with Gasteiger partial charge < -0.3 is 14.5 Å². The number of hydrogen-bond acceptors (Lipinski definition) is 5. The van der Waals surface area contributed by atoms with Gasteiger partial charge in [0.25, 0.3) is 0 Å². The normalized spacial score (nSPS) is 26.3. The van der Waals surface area contributed by atoms with Gasteiger partial charge in [0.1, 0.15) is 12.1 Å². The summed E-state index contributed by atoms with van der Waals surface area (Å²) >= 11 is 0. The number of carbonyl (C=O) groups excluding carboxylic acids is 1. The first-order chi connectivity index (χ1) is 11.3. The van der Waals surface area contributed by atoms with E-state index in [1.165, 1.54) is 25.7 Å². The summed E-state index contributed by atoms with van der Waals surface area (Å²) in [4.78, 5) is 25.5. The second-order valence-corrected chi connectivity index (χ2v) is 6.81. The van der Waals surface area contributed by atoms with Gasteiger partial charge in [0.05, 0.1) is 18.8 Å². The quantitative estimate of drug-likeness (QED) is 0.847. The zero-order valence-corrected chi connectivity index (χ0v) is 13.5. The van der Waals surface area contributed by atoms with E-state index >= 15 is 0 Å². The van der Waals surface area contributed by atoms with Crippen molar-refractivity contribution in [3.63, 3.8) is 0 Å². The van der Waals surface area contributed by atoms with Crippen molar-refractivity contribution in [1.29, 1.82) is 0 Å². The Bertz CT molecular complexity index is 567. The summed E-state index contributed by atoms with van der Waals surface area (Å²) in [6.07, 6.45) is 7.51. The monoisotopic (exact) mass is 316 g/mol. The van der Waals surface area contributed by atoms with Crippen molar-refractivity contribution < 1.29 is 9.53 Å². The molecule has 3 aliphatic rings. The predicted octanol–water partition coefficient (Wildman–Crippen LogP) is 1.57. The summed E-state index contributed by atoms with van der Waals surface area (Å²) in [6, 6.07) is 2.51. The van der Waals surface area contributed by atoms with Gasteiger partial charge in [-0.05, 0) is 19.3 Å². The van der Waals surface area contributed by atoms with E-state index < -0.39 is 0 Å². The molecule has 23 heavy (non-hydrogen) atoms. The Labute approximate surface area is 136 Å². The molecule has 0 bridgehead atoms. The van der Waals surface area contributed by atoms with E-state index in [0.29, 0.717) is 18.5 Å². The summed E-state index contributed by atoms with van der Waals surface area (Å²) in [5.41, 5.74) is 1.04. The maximum absolute atomic E-state index is 12.5. The Morgan fingerprint density at radius 1 is 1.13 bits per heavy atom. The fraction of sp³-hybridized carbons (Fsp3) is 0.706. The maximum Gasteiger partial charge on any atom is 0.242 e. The van der Waals surface area contributed by atoms with Gasteiger partial charge >= 0.3 is 0 Å². The molecule has 0 radical (unpaired) electrons. The average Bonchev–Trinajstić information content (AvgIpc) is 3.28. The third-order valence-corrected chi connectivity index (χ3v) is 5.37. The Balaban J connectivity index is 1.45. The topological polar surface area (TPSA) is 58.6 Å². The first-order valence-corrected chi connectivity index (χ1v) is 8.75. The number of ether oxygens (including phenoxy) is 1. The van der Waals surface area contributed by atoms with Crippen molar-refractivity contribution in [2.24, 2.45) is 0 Å². The number of anilines is 1. The minimum absolute atomic E-state index is 0.243. The van der Waals surface area contributed by atoms with Gasteiger partial charge in [-0.25, -0.2) is 9.97 Å². The summed E-state index contributed by atoms with van der Waals surface area (Å²) < 4.78 is 5.45. The highest BCUT2D eigenvalue weighted by atomic mass is 16.5. The van der Waals surface area contributed by atoms with Crippen LogP contribution in [0.25, 0.3) is 0 Å². The van der Waals surface area contributed by atoms with Crippen LogP contribution in [-0.4, -0.2) is 59.7 Å². The number of hydrogen-bond donors (Lipinski definition) is 0. The van der Waals surface area contributed by atoms with Crippen LogP contribution in [0.5, 0.6) is 0 Å². The molecule has 0 spiro atoms. The molecule has 1 aromatic heterocycles. The largest absolute Gasteiger partial charge is 0.381 e. The number of amides is 1. The van der Waals surface area contributed by atoms with E-state index in [2.05, 4.69) is 19.8 Å². The molecule has 4 rings (SSSR count). The standard InChI is InChI=1S/C17H24N4O2/c22-17-10-20(6-7-21(17)14-3-1-2-4-14)16-9-15(18-12-19-16)13-5-8-23-11-13/h9,12-14H,1-8,10-11H2/t13-/m0/s1. The van der Waals surface area contributed by atoms with Crippen LogP contribution in [0.4, 0.5) is 5.82 Å². The lowest BCUT2D eigenvalue weighted by Crippen LogP contribution is -2.53. The van der Waals surface area contributed by atoms with E-state index in [4.69, 9.17) is 4.74 Å². The van der Waals surface area contributed by atoms with Gasteiger partial charge in [0.2, 0.25) is 5.91 Å². The van der Waals surface area contributed by atoms with E-state index in [0.717, 1.165) is 44.2 Å². The van der Waals surface area contributed by atoms with Crippen LogP contribution >= 0.6 is 0 Å². The van der Waals surface area contributed by atoms with E-state index in [1.54, 1.807) is 6.33 Å². The molecule has 1 aromatic rings. The summed E-state index contributed by atoms with van der Waals surface area (Å²) in [7, 11) is 0. The van der Waals surface area contributed by atoms with Gasteiger partial charge in [0.15, 0.2) is 0 Å². The van der Waals surface area contributed by atoms with Crippen molar-refractivity contribution in [3.8, 4) is 0 Å². The van der Waals surface area contributed by atoms with Gasteiger partial charge in [0, 0.05) is 37.7 Å². The van der Waals surface area contributed by atoms with Crippen LogP contribution in [-0.2, 0) is 9.53 Å². The molecular formula is C17H24N4O2. The van der Waals surface area contributed by atoms with Gasteiger partial charge in [-0.15, -0.1) is 0 Å². The van der Waals surface area contributed by atoms with Crippen molar-refractivity contribution >= 4 is 11.7 Å². The third-order valence-electron chi connectivity index (χ3n) is 5.37. The molecule has 0 unspecified atom stereocenters. The Hall–Kier alpha value is -1.69. The molecule has 1 amide bonds. The molecule has 0 aromatic carbocycles. The van der Waals surface area contributed by atoms with Crippen LogP contribution in [0.2, 0.25) is 0 Å². The Kier molecular flexibility index (Phi) is 4.16. The van der Waals surface area contributed by atoms with Crippen LogP contribution < -0.4 is 4.90 Å². The smallest absolute Gasteiger partial charge is 0.242 e. The number of rotatable bonds is 3. The second kappa shape index (κ2) is 6.43. The molecule has 2 aliphatic heterocycles. The number of carbonyl (C=O) groups is 1. The molecule has 6 heteroatoms. The maximum atomic E-state index is 12.5. The molecule has 3 heterocycles. The Morgan fingerprint density at radius 3 is 2.74 bits per heavy atom. The van der Waals surface area contributed by atoms with E-state index in [9.17, 15) is 4.79 Å². The highest BCUT2D eigenvalue weighted by molar-refractivity contribution is 5.82. The predicted molar refractivity (Wildman–Crippen MR) is 86.4 cm³/mol. The van der Waals surface area contributed by atoms with Crippen molar-refractivity contribution in [2.75, 3.05) is 37.7 Å². The zero-order valence-electron chi connectivity index (χ0n) is 13.5. The fourth-order valence-corrected chi connectivity index (χ4v) is 4.01. The number of piperazine rings is 1. The molecule has 6 nitrogen and oxygen atoms in total. The Morgan fingerprint density at radius 2 is 2.00 bits per heavy atom. The number of nitrogens with zero attached hydrogens (tertiary/aromatic N) is 4. The lowest BCUT2D eigenvalue weighted by atomic mass is 10.0. The summed E-state index contributed by atoms with van der Waals surface area (Å²) in [5.74, 6) is 1.49. The number of aromatic nitrogens is 2. The molecule has 2 saturated heterocycles. The van der Waals surface area contributed by atoms with E-state index in [-0.39, 0.29) is 5.91 Å². The third kappa shape index (κ3) is 3.04. The molecule has 1 saturated carbocycles. The molecule has 3 fully saturated rings. The first kappa shape index (κ1) is 14.9. The minimum Gasteiger partial charge on any atom is -0.381 e. The van der Waals surface area contributed by atoms with Crippen molar-refractivity contribution in [2.45, 2.75) is 44.1 Å². The molecular weight excluding hydrogens is 292 g/mol. The van der Waals surface area contributed by atoms with Crippen LogP contribution in [0.15, 0.2) is 12.4 Å². The summed E-state index contributed by atoms with van der Waals surface area (Å²) in [6.45, 7) is 3.66. The second-order valence-electron chi connectivity index (χ2n) is 6.81. The zero-order chi connectivity index (χ0) is 15.6. The van der Waals surface area contributed by atoms with Gasteiger partial charge in [-0.2, -0.15) is 0 Å². The van der Waals surface area contributed by atoms with Crippen molar-refractivity contribution in [3.05, 3.63) is 18.1 Å². The highest BCUT2D eigenvalue weighted by Gasteiger charge is 2.32. The minimum atomic E-state index is 0.243. The van der Waals surface area contributed by atoms with Gasteiger partial charge in [-0.3, -0.25) is 4.79 Å². The molecule has 0 N–H and O–H groups in total. The van der Waals surface area contributed by atoms with E-state index in [1.807, 2.05) is 6.07 Å². The molecule has 1 atom stereocenters. The van der Waals surface area contributed by atoms with Crippen molar-refractivity contribution in [1.82, 2.24) is 14.9 Å². The first-order valence-electron chi connectivity index (χ1n) is 8.75. The highest BCUT2D eigenvalue weighted by Crippen LogP contribution is 2.28. The fourth-order valence-electron chi connectivity index (χ4n) is 4.01. The van der Waals surface area contributed by atoms with Crippen LogP contribution in [0.1, 0.15) is 43.7 Å². The lowest BCUT2D eigenvalue weighted by Gasteiger charge is -2.38. The SMILES string of the molecule is O=C1CN(c2cc([C@H]3CCOC3)ncn2)CCN1C1CCCC1. The van der Waals surface area contributed by atoms with Crippen LogP contribution in [0, 0.1) is 0 Å². The summed E-state index contributed by atoms with van der Waals surface area (Å²) in [5, 5.41) is 0. The van der Waals surface area contributed by atoms with Crippen LogP contribution in [0.3, 0.4) is 0 Å². The average molecular weight is 316 g/mol. The molecule has 1 aliphatic carbocycles. The molecule has 124 valence electrons.